The minimum atomic E-state index is 0.0270. The highest BCUT2D eigenvalue weighted by Crippen LogP contribution is 2.27. The molecule has 2 rings (SSSR count). The highest BCUT2D eigenvalue weighted by Gasteiger charge is 2.06. The molecule has 0 spiro atoms. The van der Waals surface area contributed by atoms with Gasteiger partial charge in [0.25, 0.3) is 0 Å². The van der Waals surface area contributed by atoms with Crippen molar-refractivity contribution in [1.82, 2.24) is 4.98 Å². The van der Waals surface area contributed by atoms with Crippen LogP contribution in [0, 0.1) is 0 Å². The van der Waals surface area contributed by atoms with E-state index in [0.29, 0.717) is 6.61 Å². The Labute approximate surface area is 126 Å². The van der Waals surface area contributed by atoms with Crippen molar-refractivity contribution in [1.29, 1.82) is 0 Å². The van der Waals surface area contributed by atoms with Crippen molar-refractivity contribution in [3.8, 4) is 0 Å². The van der Waals surface area contributed by atoms with Crippen LogP contribution in [-0.4, -0.2) is 30.6 Å². The number of methoxy groups -OCH3 is 1. The summed E-state index contributed by atoms with van der Waals surface area (Å²) in [5.74, 6) is 0.889. The van der Waals surface area contributed by atoms with Crippen molar-refractivity contribution < 1.29 is 4.74 Å². The van der Waals surface area contributed by atoms with Gasteiger partial charge in [-0.05, 0) is 18.6 Å². The molecule has 0 fully saturated rings. The van der Waals surface area contributed by atoms with Gasteiger partial charge in [0.2, 0.25) is 0 Å². The van der Waals surface area contributed by atoms with E-state index >= 15 is 0 Å². The van der Waals surface area contributed by atoms with E-state index in [-0.39, 0.29) is 5.38 Å². The molecule has 102 valence electrons. The molecule has 0 saturated heterocycles. The molecule has 1 aromatic heterocycles. The van der Waals surface area contributed by atoms with Crippen LogP contribution in [0.2, 0.25) is 0 Å². The second-order valence-corrected chi connectivity index (χ2v) is 5.73. The van der Waals surface area contributed by atoms with E-state index in [0.717, 1.165) is 34.0 Å². The minimum absolute atomic E-state index is 0.0270. The molecule has 1 N–H and O–H groups in total. The monoisotopic (exact) mass is 342 g/mol. The van der Waals surface area contributed by atoms with Crippen molar-refractivity contribution in [3.05, 3.63) is 34.9 Å². The number of aromatic nitrogens is 1. The molecule has 0 saturated carbocycles. The number of alkyl halides is 1. The fourth-order valence-electron chi connectivity index (χ4n) is 1.92. The Morgan fingerprint density at radius 2 is 2.21 bits per heavy atom. The van der Waals surface area contributed by atoms with Crippen molar-refractivity contribution in [2.45, 2.75) is 11.8 Å². The normalized spacial score (nSPS) is 12.6. The van der Waals surface area contributed by atoms with Crippen LogP contribution in [0.15, 0.2) is 34.9 Å². The Kier molecular flexibility index (Phi) is 5.43. The number of ether oxygens (including phenoxy) is 1. The number of benzene rings is 1. The minimum Gasteiger partial charge on any atom is -0.383 e. The van der Waals surface area contributed by atoms with Crippen LogP contribution >= 0.6 is 27.5 Å². The van der Waals surface area contributed by atoms with Gasteiger partial charge >= 0.3 is 0 Å². The van der Waals surface area contributed by atoms with Gasteiger partial charge in [-0.25, -0.2) is 4.98 Å². The summed E-state index contributed by atoms with van der Waals surface area (Å²) >= 11 is 9.65. The Hall–Kier alpha value is -0.840. The summed E-state index contributed by atoms with van der Waals surface area (Å²) in [6, 6.07) is 8.09. The van der Waals surface area contributed by atoms with Crippen molar-refractivity contribution >= 4 is 44.1 Å². The Morgan fingerprint density at radius 1 is 1.37 bits per heavy atom. The first-order valence-electron chi connectivity index (χ1n) is 6.12. The molecule has 3 nitrogen and oxygen atoms in total. The van der Waals surface area contributed by atoms with Crippen LogP contribution in [0.4, 0.5) is 5.82 Å². The number of rotatable bonds is 6. The van der Waals surface area contributed by atoms with Crippen LogP contribution in [0.3, 0.4) is 0 Å². The van der Waals surface area contributed by atoms with Crippen molar-refractivity contribution in [2.75, 3.05) is 25.6 Å². The van der Waals surface area contributed by atoms with Crippen LogP contribution in [0.5, 0.6) is 0 Å². The zero-order valence-corrected chi connectivity index (χ0v) is 13.0. The Morgan fingerprint density at radius 3 is 3.00 bits per heavy atom. The van der Waals surface area contributed by atoms with Gasteiger partial charge < -0.3 is 10.1 Å². The summed E-state index contributed by atoms with van der Waals surface area (Å²) in [5.41, 5.74) is 0. The molecule has 1 heterocycles. The molecular formula is C14H16BrClN2O. The number of nitrogens with zero attached hydrogens (tertiary/aromatic N) is 1. The smallest absolute Gasteiger partial charge is 0.133 e. The summed E-state index contributed by atoms with van der Waals surface area (Å²) < 4.78 is 6.08. The lowest BCUT2D eigenvalue weighted by molar-refractivity contribution is 0.196. The molecule has 1 aromatic carbocycles. The van der Waals surface area contributed by atoms with Gasteiger partial charge in [0.05, 0.1) is 12.0 Å². The Balaban J connectivity index is 2.07. The van der Waals surface area contributed by atoms with E-state index in [9.17, 15) is 0 Å². The quantitative estimate of drug-likeness (QED) is 0.803. The summed E-state index contributed by atoms with van der Waals surface area (Å²) in [6.07, 6.45) is 2.64. The first kappa shape index (κ1) is 14.6. The number of nitrogens with one attached hydrogen (secondary N) is 1. The molecular weight excluding hydrogens is 328 g/mol. The van der Waals surface area contributed by atoms with Gasteiger partial charge in [-0.3, -0.25) is 0 Å². The molecule has 5 heteroatoms. The third-order valence-corrected chi connectivity index (χ3v) is 3.89. The third-order valence-electron chi connectivity index (χ3n) is 2.85. The van der Waals surface area contributed by atoms with Crippen LogP contribution in [-0.2, 0) is 4.74 Å². The average molecular weight is 344 g/mol. The highest BCUT2D eigenvalue weighted by atomic mass is 79.9. The largest absolute Gasteiger partial charge is 0.383 e. The predicted molar refractivity (Wildman–Crippen MR) is 84.1 cm³/mol. The van der Waals surface area contributed by atoms with E-state index in [1.54, 1.807) is 7.11 Å². The van der Waals surface area contributed by atoms with Gasteiger partial charge in [-0.1, -0.05) is 28.1 Å². The highest BCUT2D eigenvalue weighted by molar-refractivity contribution is 9.10. The summed E-state index contributed by atoms with van der Waals surface area (Å²) in [6.45, 7) is 1.34. The van der Waals surface area contributed by atoms with Gasteiger partial charge in [-0.15, -0.1) is 11.6 Å². The number of fused-ring (bicyclic) bond motifs is 1. The maximum atomic E-state index is 6.10. The molecule has 1 atom stereocenters. The Bertz CT molecular complexity index is 550. The zero-order valence-electron chi connectivity index (χ0n) is 10.7. The number of hydrogen-bond donors (Lipinski definition) is 1. The third kappa shape index (κ3) is 3.81. The first-order chi connectivity index (χ1) is 9.22. The lowest BCUT2D eigenvalue weighted by Crippen LogP contribution is -2.14. The van der Waals surface area contributed by atoms with E-state index in [1.165, 1.54) is 0 Å². The van der Waals surface area contributed by atoms with Gasteiger partial charge in [-0.2, -0.15) is 0 Å². The summed E-state index contributed by atoms with van der Waals surface area (Å²) in [5, 5.41) is 5.62. The fourth-order valence-corrected chi connectivity index (χ4v) is 2.65. The van der Waals surface area contributed by atoms with Gasteiger partial charge in [0.15, 0.2) is 0 Å². The van der Waals surface area contributed by atoms with Crippen LogP contribution < -0.4 is 5.32 Å². The molecule has 0 amide bonds. The molecule has 1 unspecified atom stereocenters. The molecule has 19 heavy (non-hydrogen) atoms. The lowest BCUT2D eigenvalue weighted by atomic mass is 10.1. The molecule has 0 aliphatic heterocycles. The van der Waals surface area contributed by atoms with Crippen LogP contribution in [0.25, 0.3) is 10.8 Å². The molecule has 2 aromatic rings. The van der Waals surface area contributed by atoms with E-state index in [2.05, 4.69) is 32.3 Å². The second kappa shape index (κ2) is 7.08. The number of halogens is 2. The van der Waals surface area contributed by atoms with Gasteiger partial charge in [0, 0.05) is 35.1 Å². The number of hydrogen-bond acceptors (Lipinski definition) is 3. The maximum absolute atomic E-state index is 6.10. The van der Waals surface area contributed by atoms with E-state index < -0.39 is 0 Å². The standard InChI is InChI=1S/C14H16BrClN2O/c1-19-9-10(16)5-7-17-14-12-3-2-4-13(15)11(12)6-8-18-14/h2-4,6,8,10H,5,7,9H2,1H3,(H,17,18). The molecule has 0 bridgehead atoms. The number of anilines is 1. The molecule has 0 aliphatic rings. The predicted octanol–water partition coefficient (Wildman–Crippen LogP) is 4.05. The van der Waals surface area contributed by atoms with Gasteiger partial charge in [0.1, 0.15) is 5.82 Å². The number of pyridine rings is 1. The second-order valence-electron chi connectivity index (χ2n) is 4.26. The van der Waals surface area contributed by atoms with Crippen LogP contribution in [0.1, 0.15) is 6.42 Å². The summed E-state index contributed by atoms with van der Waals surface area (Å²) in [7, 11) is 1.66. The maximum Gasteiger partial charge on any atom is 0.133 e. The van der Waals surface area contributed by atoms with E-state index in [4.69, 9.17) is 16.3 Å². The average Bonchev–Trinajstić information content (AvgIpc) is 2.40. The molecule has 0 aliphatic carbocycles. The first-order valence-corrected chi connectivity index (χ1v) is 7.35. The topological polar surface area (TPSA) is 34.1 Å². The fraction of sp³-hybridized carbons (Fsp3) is 0.357. The summed E-state index contributed by atoms with van der Waals surface area (Å²) in [4.78, 5) is 4.38. The van der Waals surface area contributed by atoms with Crippen molar-refractivity contribution in [3.63, 3.8) is 0 Å². The zero-order chi connectivity index (χ0) is 13.7. The molecule has 0 radical (unpaired) electrons. The lowest BCUT2D eigenvalue weighted by Gasteiger charge is -2.11. The SMILES string of the molecule is COCC(Cl)CCNc1nccc2c(Br)cccc12. The van der Waals surface area contributed by atoms with E-state index in [1.807, 2.05) is 24.4 Å². The van der Waals surface area contributed by atoms with Crippen molar-refractivity contribution in [2.24, 2.45) is 0 Å².